The minimum atomic E-state index is 0.0927. The zero-order chi connectivity index (χ0) is 12.6. The van der Waals surface area contributed by atoms with Gasteiger partial charge in [-0.3, -0.25) is 4.79 Å². The summed E-state index contributed by atoms with van der Waals surface area (Å²) in [7, 11) is 0. The van der Waals surface area contributed by atoms with Gasteiger partial charge in [-0.1, -0.05) is 6.92 Å². The van der Waals surface area contributed by atoms with Gasteiger partial charge in [0, 0.05) is 5.56 Å². The fourth-order valence-electron chi connectivity index (χ4n) is 1.24. The summed E-state index contributed by atoms with van der Waals surface area (Å²) in [5, 5.41) is 0. The molecule has 1 rings (SSSR count). The van der Waals surface area contributed by atoms with E-state index >= 15 is 0 Å². The average Bonchev–Trinajstić information content (AvgIpc) is 2.30. The second kappa shape index (κ2) is 7.63. The molecule has 0 aliphatic carbocycles. The number of aryl methyl sites for hydroxylation is 1. The lowest BCUT2D eigenvalue weighted by atomic mass is 10.1. The van der Waals surface area contributed by atoms with Gasteiger partial charge in [0.2, 0.25) is 0 Å². The molecule has 3 heteroatoms. The van der Waals surface area contributed by atoms with E-state index in [-0.39, 0.29) is 5.78 Å². The first-order valence-corrected chi connectivity index (χ1v) is 5.18. The van der Waals surface area contributed by atoms with Crippen molar-refractivity contribution >= 4 is 12.6 Å². The third-order valence-corrected chi connectivity index (χ3v) is 2.04. The molecule has 3 nitrogen and oxygen atoms in total. The fraction of sp³-hybridized carbons (Fsp3) is 0.385. The highest BCUT2D eigenvalue weighted by atomic mass is 16.5. The highest BCUT2D eigenvalue weighted by Gasteiger charge is 2.03. The van der Waals surface area contributed by atoms with Gasteiger partial charge in [0.05, 0.1) is 6.61 Å². The predicted octanol–water partition coefficient (Wildman–Crippen LogP) is 2.80. The molecule has 0 atom stereocenters. The van der Waals surface area contributed by atoms with Gasteiger partial charge in [-0.05, 0) is 44.0 Å². The highest BCUT2D eigenvalue weighted by molar-refractivity contribution is 5.94. The van der Waals surface area contributed by atoms with E-state index in [1.807, 2.05) is 25.8 Å². The van der Waals surface area contributed by atoms with Crippen LogP contribution in [0.3, 0.4) is 0 Å². The largest absolute Gasteiger partial charge is 0.493 e. The molecule has 0 aliphatic heterocycles. The zero-order valence-corrected chi connectivity index (χ0v) is 10.1. The highest BCUT2D eigenvalue weighted by Crippen LogP contribution is 2.19. The number of rotatable bonds is 4. The average molecular weight is 222 g/mol. The molecule has 0 fully saturated rings. The number of Topliss-reactive ketones (excluding diaryl/α,β-unsaturated/α-hetero) is 1. The third-order valence-electron chi connectivity index (χ3n) is 2.04. The van der Waals surface area contributed by atoms with Gasteiger partial charge < -0.3 is 9.53 Å². The monoisotopic (exact) mass is 222 g/mol. The van der Waals surface area contributed by atoms with Gasteiger partial charge in [0.25, 0.3) is 0 Å². The Morgan fingerprint density at radius 2 is 2.00 bits per heavy atom. The van der Waals surface area contributed by atoms with Gasteiger partial charge in [0.1, 0.15) is 12.5 Å². The molecule has 1 aromatic rings. The quantitative estimate of drug-likeness (QED) is 0.736. The van der Waals surface area contributed by atoms with Gasteiger partial charge in [-0.15, -0.1) is 0 Å². The number of ether oxygens (including phenoxy) is 1. The van der Waals surface area contributed by atoms with Crippen LogP contribution in [0.15, 0.2) is 18.2 Å². The van der Waals surface area contributed by atoms with Crippen molar-refractivity contribution in [1.29, 1.82) is 0 Å². The van der Waals surface area contributed by atoms with Crippen LogP contribution in [0.25, 0.3) is 0 Å². The number of ketones is 1. The van der Waals surface area contributed by atoms with E-state index in [1.165, 1.54) is 0 Å². The number of hydrogen-bond donors (Lipinski definition) is 0. The first kappa shape index (κ1) is 14.4. The van der Waals surface area contributed by atoms with Gasteiger partial charge in [-0.2, -0.15) is 0 Å². The van der Waals surface area contributed by atoms with Crippen LogP contribution in [-0.4, -0.2) is 19.2 Å². The zero-order valence-electron chi connectivity index (χ0n) is 10.1. The Kier molecular flexibility index (Phi) is 6.84. The SMILES string of the molecule is C=O.CCCOc1ccc(C(C)=O)cc1C. The summed E-state index contributed by atoms with van der Waals surface area (Å²) >= 11 is 0. The summed E-state index contributed by atoms with van der Waals surface area (Å²) < 4.78 is 5.51. The number of benzene rings is 1. The first-order chi connectivity index (χ1) is 7.65. The minimum Gasteiger partial charge on any atom is -0.493 e. The second-order valence-corrected chi connectivity index (χ2v) is 3.38. The molecule has 0 saturated heterocycles. The Bertz CT molecular complexity index is 345. The number of hydrogen-bond acceptors (Lipinski definition) is 3. The Labute approximate surface area is 96.4 Å². The van der Waals surface area contributed by atoms with Crippen LogP contribution in [0.2, 0.25) is 0 Å². The molecule has 0 N–H and O–H groups in total. The van der Waals surface area contributed by atoms with Crippen molar-refractivity contribution in [2.24, 2.45) is 0 Å². The van der Waals surface area contributed by atoms with Crippen molar-refractivity contribution in [3.05, 3.63) is 29.3 Å². The lowest BCUT2D eigenvalue weighted by Crippen LogP contribution is -1.99. The summed E-state index contributed by atoms with van der Waals surface area (Å²) in [5.74, 6) is 0.965. The van der Waals surface area contributed by atoms with Crippen LogP contribution in [0.5, 0.6) is 5.75 Å². The minimum absolute atomic E-state index is 0.0927. The molecule has 0 aromatic heterocycles. The van der Waals surface area contributed by atoms with Crippen molar-refractivity contribution in [1.82, 2.24) is 0 Å². The first-order valence-electron chi connectivity index (χ1n) is 5.18. The van der Waals surface area contributed by atoms with Crippen molar-refractivity contribution < 1.29 is 14.3 Å². The van der Waals surface area contributed by atoms with E-state index in [9.17, 15) is 4.79 Å². The summed E-state index contributed by atoms with van der Waals surface area (Å²) in [5.41, 5.74) is 1.76. The van der Waals surface area contributed by atoms with Crippen molar-refractivity contribution in [3.63, 3.8) is 0 Å². The molecule has 0 saturated carbocycles. The van der Waals surface area contributed by atoms with E-state index in [0.29, 0.717) is 0 Å². The predicted molar refractivity (Wildman–Crippen MR) is 64.1 cm³/mol. The van der Waals surface area contributed by atoms with E-state index < -0.39 is 0 Å². The molecule has 0 bridgehead atoms. The fourth-order valence-corrected chi connectivity index (χ4v) is 1.24. The van der Waals surface area contributed by atoms with E-state index in [4.69, 9.17) is 9.53 Å². The van der Waals surface area contributed by atoms with Crippen LogP contribution in [0.1, 0.15) is 36.2 Å². The maximum atomic E-state index is 11.1. The third kappa shape index (κ3) is 4.26. The number of carbonyl (C=O) groups excluding carboxylic acids is 2. The molecule has 0 amide bonds. The Balaban J connectivity index is 0.00000106. The summed E-state index contributed by atoms with van der Waals surface area (Å²) in [6.45, 7) is 8.32. The standard InChI is InChI=1S/C12H16O2.CH2O/c1-4-7-14-12-6-5-11(10(3)13)8-9(12)2;1-2/h5-6,8H,4,7H2,1-3H3;1H2. The van der Waals surface area contributed by atoms with Crippen molar-refractivity contribution in [2.75, 3.05) is 6.61 Å². The molecule has 1 aromatic carbocycles. The maximum absolute atomic E-state index is 11.1. The maximum Gasteiger partial charge on any atom is 0.159 e. The molecule has 0 heterocycles. The number of carbonyl (C=O) groups is 2. The normalized spacial score (nSPS) is 8.94. The van der Waals surface area contributed by atoms with Crippen LogP contribution in [-0.2, 0) is 4.79 Å². The van der Waals surface area contributed by atoms with Crippen LogP contribution in [0, 0.1) is 6.92 Å². The summed E-state index contributed by atoms with van der Waals surface area (Å²) in [6, 6.07) is 5.54. The van der Waals surface area contributed by atoms with Crippen LogP contribution in [0.4, 0.5) is 0 Å². The van der Waals surface area contributed by atoms with Gasteiger partial charge in [0.15, 0.2) is 5.78 Å². The molecule has 0 unspecified atom stereocenters. The summed E-state index contributed by atoms with van der Waals surface area (Å²) in [4.78, 5) is 19.1. The molecule has 16 heavy (non-hydrogen) atoms. The Hall–Kier alpha value is -1.64. The molecule has 0 aliphatic rings. The second-order valence-electron chi connectivity index (χ2n) is 3.38. The molecule has 0 spiro atoms. The lowest BCUT2D eigenvalue weighted by molar-refractivity contribution is -0.0979. The molecular formula is C13H18O3. The topological polar surface area (TPSA) is 43.4 Å². The molecule has 88 valence electrons. The van der Waals surface area contributed by atoms with E-state index in [0.717, 1.165) is 29.9 Å². The molecular weight excluding hydrogens is 204 g/mol. The smallest absolute Gasteiger partial charge is 0.159 e. The Morgan fingerprint density at radius 1 is 1.38 bits per heavy atom. The van der Waals surface area contributed by atoms with Gasteiger partial charge >= 0.3 is 0 Å². The summed E-state index contributed by atoms with van der Waals surface area (Å²) in [6.07, 6.45) is 0.994. The van der Waals surface area contributed by atoms with Crippen molar-refractivity contribution in [3.8, 4) is 5.75 Å². The van der Waals surface area contributed by atoms with Gasteiger partial charge in [-0.25, -0.2) is 0 Å². The van der Waals surface area contributed by atoms with Crippen LogP contribution >= 0.6 is 0 Å². The van der Waals surface area contributed by atoms with Crippen LogP contribution < -0.4 is 4.74 Å². The molecule has 0 radical (unpaired) electrons. The van der Waals surface area contributed by atoms with E-state index in [2.05, 4.69) is 6.92 Å². The lowest BCUT2D eigenvalue weighted by Gasteiger charge is -2.08. The Morgan fingerprint density at radius 3 is 2.44 bits per heavy atom. The van der Waals surface area contributed by atoms with E-state index in [1.54, 1.807) is 13.0 Å². The van der Waals surface area contributed by atoms with Crippen molar-refractivity contribution in [2.45, 2.75) is 27.2 Å².